The summed E-state index contributed by atoms with van der Waals surface area (Å²) < 4.78 is 13.7. The zero-order valence-electron chi connectivity index (χ0n) is 4.00. The quantitative estimate of drug-likeness (QED) is 0.460. The van der Waals surface area contributed by atoms with E-state index in [4.69, 9.17) is 4.89 Å². The zero-order valence-corrected chi connectivity index (χ0v) is 5.65. The van der Waals surface area contributed by atoms with E-state index in [1.807, 2.05) is 0 Å². The summed E-state index contributed by atoms with van der Waals surface area (Å²) in [6.07, 6.45) is 0. The molecule has 1 atom stereocenters. The summed E-state index contributed by atoms with van der Waals surface area (Å²) in [6.45, 7) is 0.868. The van der Waals surface area contributed by atoms with Gasteiger partial charge in [0.15, 0.2) is 0 Å². The molecule has 0 rings (SSSR count). The Labute approximate surface area is 50.9 Å². The van der Waals surface area contributed by atoms with Crippen molar-refractivity contribution in [3.8, 4) is 0 Å². The Morgan fingerprint density at radius 2 is 2.25 bits per heavy atom. The van der Waals surface area contributed by atoms with E-state index in [0.717, 1.165) is 6.66 Å². The second-order valence-corrected chi connectivity index (χ2v) is 3.23. The lowest BCUT2D eigenvalue weighted by Crippen LogP contribution is -1.88. The van der Waals surface area contributed by atoms with Crippen molar-refractivity contribution in [2.75, 3.05) is 6.66 Å². The Balaban J connectivity index is 3.74. The molecule has 0 spiro atoms. The fourth-order valence-electron chi connectivity index (χ4n) is 0.133. The average Bonchev–Trinajstić information content (AvgIpc) is 1.21. The monoisotopic (exact) mass is 158 g/mol. The van der Waals surface area contributed by atoms with Crippen LogP contribution in [0.3, 0.4) is 0 Å². The van der Waals surface area contributed by atoms with Gasteiger partial charge in [-0.3, -0.25) is 0 Å². The van der Waals surface area contributed by atoms with Gasteiger partial charge in [0.05, 0.1) is 0 Å². The van der Waals surface area contributed by atoms with E-state index in [1.165, 1.54) is 0 Å². The minimum atomic E-state index is -3.70. The first kappa shape index (κ1) is 7.95. The summed E-state index contributed by atoms with van der Waals surface area (Å²) in [5, 5.41) is 0. The predicted octanol–water partition coefficient (Wildman–Crippen LogP) is 1.18. The number of rotatable bonds is 1. The summed E-state index contributed by atoms with van der Waals surface area (Å²) in [5.41, 5.74) is -1.27. The molecule has 4 nitrogen and oxygen atoms in total. The number of halogens is 1. The molecule has 0 fully saturated rings. The van der Waals surface area contributed by atoms with E-state index < -0.39 is 13.0 Å². The molecular weight excluding hydrogens is 154 g/mol. The summed E-state index contributed by atoms with van der Waals surface area (Å²) in [4.78, 5) is 17.9. The van der Waals surface area contributed by atoms with Crippen LogP contribution >= 0.6 is 19.2 Å². The maximum absolute atomic E-state index is 10.1. The maximum Gasteiger partial charge on any atom is 0.410 e. The van der Waals surface area contributed by atoms with E-state index in [0.29, 0.717) is 0 Å². The second kappa shape index (κ2) is 2.49. The van der Waals surface area contributed by atoms with Crippen molar-refractivity contribution in [3.05, 3.63) is 0 Å². The minimum Gasteiger partial charge on any atom is -0.379 e. The van der Waals surface area contributed by atoms with Gasteiger partial charge in [0.2, 0.25) is 0 Å². The van der Waals surface area contributed by atoms with Crippen LogP contribution in [0.1, 0.15) is 0 Å². The second-order valence-electron chi connectivity index (χ2n) is 1.13. The van der Waals surface area contributed by atoms with E-state index in [-0.39, 0.29) is 0 Å². The smallest absolute Gasteiger partial charge is 0.379 e. The topological polar surface area (TPSA) is 63.6 Å². The fourth-order valence-corrected chi connectivity index (χ4v) is 0.784. The Hall–Kier alpha value is -0.0500. The first-order valence-corrected chi connectivity index (χ1v) is 4.01. The van der Waals surface area contributed by atoms with Crippen LogP contribution in [0.5, 0.6) is 0 Å². The average molecular weight is 158 g/mol. The highest BCUT2D eigenvalue weighted by atomic mass is 35.5. The molecule has 0 bridgehead atoms. The number of carbonyl (C=O) groups excluding carboxylic acids is 1. The summed E-state index contributed by atoms with van der Waals surface area (Å²) >= 11 is 4.57. The first-order valence-electron chi connectivity index (χ1n) is 1.61. The van der Waals surface area contributed by atoms with Crippen molar-refractivity contribution < 1.29 is 18.8 Å². The molecule has 1 N–H and O–H groups in total. The van der Waals surface area contributed by atoms with Gasteiger partial charge < -0.3 is 9.42 Å². The molecule has 6 heteroatoms. The van der Waals surface area contributed by atoms with Gasteiger partial charge in [-0.1, -0.05) is 0 Å². The minimum absolute atomic E-state index is 0.868. The van der Waals surface area contributed by atoms with Gasteiger partial charge >= 0.3 is 13.0 Å². The number of hydrogen-bond acceptors (Lipinski definition) is 3. The van der Waals surface area contributed by atoms with E-state index in [2.05, 4.69) is 16.1 Å². The SMILES string of the molecule is CP(=O)(O)OC(=O)Cl. The van der Waals surface area contributed by atoms with Gasteiger partial charge in [0.25, 0.3) is 0 Å². The van der Waals surface area contributed by atoms with E-state index in [9.17, 15) is 9.36 Å². The molecule has 0 aliphatic heterocycles. The first-order chi connectivity index (χ1) is 3.42. The van der Waals surface area contributed by atoms with Crippen LogP contribution in [0.25, 0.3) is 0 Å². The normalized spacial score (nSPS) is 16.9. The van der Waals surface area contributed by atoms with Crippen molar-refractivity contribution in [2.45, 2.75) is 0 Å². The van der Waals surface area contributed by atoms with Crippen LogP contribution in [0.15, 0.2) is 0 Å². The lowest BCUT2D eigenvalue weighted by atomic mass is 11.6. The van der Waals surface area contributed by atoms with Crippen molar-refractivity contribution >= 4 is 24.6 Å². The third-order valence-electron chi connectivity index (χ3n) is 0.241. The summed E-state index contributed by atoms with van der Waals surface area (Å²) in [7, 11) is -3.70. The molecule has 0 saturated heterocycles. The number of carbonyl (C=O) groups is 1. The Kier molecular flexibility index (Phi) is 2.47. The van der Waals surface area contributed by atoms with Crippen LogP contribution in [0.4, 0.5) is 4.79 Å². The van der Waals surface area contributed by atoms with Crippen LogP contribution in [-0.2, 0) is 9.09 Å². The fraction of sp³-hybridized carbons (Fsp3) is 0.500. The van der Waals surface area contributed by atoms with Crippen molar-refractivity contribution in [3.63, 3.8) is 0 Å². The van der Waals surface area contributed by atoms with Gasteiger partial charge in [-0.05, 0) is 0 Å². The molecule has 1 unspecified atom stereocenters. The molecule has 0 aliphatic carbocycles. The van der Waals surface area contributed by atoms with Crippen molar-refractivity contribution in [1.29, 1.82) is 0 Å². The lowest BCUT2D eigenvalue weighted by Gasteiger charge is -1.99. The van der Waals surface area contributed by atoms with E-state index >= 15 is 0 Å². The Morgan fingerprint density at radius 3 is 2.25 bits per heavy atom. The van der Waals surface area contributed by atoms with Crippen molar-refractivity contribution in [2.24, 2.45) is 0 Å². The Morgan fingerprint density at radius 1 is 1.88 bits per heavy atom. The zero-order chi connectivity index (χ0) is 6.78. The third-order valence-corrected chi connectivity index (χ3v) is 0.930. The van der Waals surface area contributed by atoms with Crippen LogP contribution in [0, 0.1) is 0 Å². The van der Waals surface area contributed by atoms with Gasteiger partial charge in [-0.2, -0.15) is 0 Å². The van der Waals surface area contributed by atoms with Crippen LogP contribution in [0.2, 0.25) is 0 Å². The molecule has 48 valence electrons. The highest BCUT2D eigenvalue weighted by Crippen LogP contribution is 2.37. The molecule has 0 amide bonds. The predicted molar refractivity (Wildman–Crippen MR) is 28.1 cm³/mol. The van der Waals surface area contributed by atoms with Gasteiger partial charge in [0, 0.05) is 18.3 Å². The lowest BCUT2D eigenvalue weighted by molar-refractivity contribution is 0.219. The highest BCUT2D eigenvalue weighted by Gasteiger charge is 2.13. The van der Waals surface area contributed by atoms with E-state index in [1.54, 1.807) is 0 Å². The summed E-state index contributed by atoms with van der Waals surface area (Å²) in [6, 6.07) is 0. The molecule has 0 radical (unpaired) electrons. The van der Waals surface area contributed by atoms with Crippen LogP contribution < -0.4 is 0 Å². The molecular formula is C2H4ClO4P. The molecule has 0 aromatic rings. The molecule has 0 aromatic carbocycles. The summed E-state index contributed by atoms with van der Waals surface area (Å²) in [5.74, 6) is 0. The van der Waals surface area contributed by atoms with Gasteiger partial charge in [0.1, 0.15) is 0 Å². The molecule has 0 saturated carbocycles. The highest BCUT2D eigenvalue weighted by molar-refractivity contribution is 7.52. The van der Waals surface area contributed by atoms with Crippen LogP contribution in [-0.4, -0.2) is 17.0 Å². The number of hydrogen-bond donors (Lipinski definition) is 1. The Bertz CT molecular complexity index is 137. The largest absolute Gasteiger partial charge is 0.410 e. The maximum atomic E-state index is 10.1. The van der Waals surface area contributed by atoms with Gasteiger partial charge in [-0.15, -0.1) is 0 Å². The standard InChI is InChI=1S/C2H4ClO4P/c1-8(5,6)7-2(3)4/h1H3,(H,5,6). The van der Waals surface area contributed by atoms with Crippen molar-refractivity contribution in [1.82, 2.24) is 0 Å². The van der Waals surface area contributed by atoms with Gasteiger partial charge in [-0.25, -0.2) is 9.36 Å². The molecule has 0 aliphatic rings. The molecule has 0 aromatic heterocycles. The molecule has 8 heavy (non-hydrogen) atoms. The third kappa shape index (κ3) is 5.95. The molecule has 0 heterocycles.